The number of aryl methyl sites for hydroxylation is 2. The van der Waals surface area contributed by atoms with E-state index in [4.69, 9.17) is 0 Å². The molecule has 4 rings (SSSR count). The first-order chi connectivity index (χ1) is 13.6. The Morgan fingerprint density at radius 3 is 2.86 bits per heavy atom. The molecule has 148 valence electrons. The molecule has 4 heteroatoms. The molecule has 1 atom stereocenters. The standard InChI is InChI=1S/C24H32N4/c1-18-8-6-11-22-19(2)23(26-24(18)22)17-28-14-7-10-21(16-28)27(3)15-12-20-9-4-5-13-25-20/h4-6,8-9,11,13,21,26H,7,10,12,14-17H2,1-3H3. The van der Waals surface area contributed by atoms with Gasteiger partial charge >= 0.3 is 0 Å². The lowest BCUT2D eigenvalue weighted by atomic mass is 10.0. The number of aromatic amines is 1. The van der Waals surface area contributed by atoms with Crippen LogP contribution < -0.4 is 0 Å². The maximum Gasteiger partial charge on any atom is 0.0488 e. The van der Waals surface area contributed by atoms with Crippen LogP contribution in [0.15, 0.2) is 42.6 Å². The zero-order valence-corrected chi connectivity index (χ0v) is 17.4. The molecule has 1 aromatic carbocycles. The van der Waals surface area contributed by atoms with Crippen molar-refractivity contribution in [2.45, 2.75) is 45.7 Å². The van der Waals surface area contributed by atoms with E-state index >= 15 is 0 Å². The van der Waals surface area contributed by atoms with Gasteiger partial charge in [-0.3, -0.25) is 9.88 Å². The molecule has 0 aliphatic carbocycles. The number of hydrogen-bond acceptors (Lipinski definition) is 3. The van der Waals surface area contributed by atoms with E-state index in [0.29, 0.717) is 6.04 Å². The first kappa shape index (κ1) is 19.2. The smallest absolute Gasteiger partial charge is 0.0488 e. The van der Waals surface area contributed by atoms with Crippen LogP contribution in [-0.2, 0) is 13.0 Å². The first-order valence-electron chi connectivity index (χ1n) is 10.5. The van der Waals surface area contributed by atoms with Gasteiger partial charge in [-0.05, 0) is 63.5 Å². The number of H-pyrrole nitrogens is 1. The number of fused-ring (bicyclic) bond motifs is 1. The Balaban J connectivity index is 1.38. The van der Waals surface area contributed by atoms with Crippen LogP contribution in [0, 0.1) is 13.8 Å². The predicted molar refractivity (Wildman–Crippen MR) is 117 cm³/mol. The molecule has 0 bridgehead atoms. The van der Waals surface area contributed by atoms with E-state index in [1.54, 1.807) is 0 Å². The van der Waals surface area contributed by atoms with Crippen molar-refractivity contribution in [1.82, 2.24) is 19.8 Å². The molecule has 0 saturated carbocycles. The number of aromatic nitrogens is 2. The van der Waals surface area contributed by atoms with Crippen molar-refractivity contribution in [3.05, 3.63) is 65.1 Å². The molecule has 1 aliphatic heterocycles. The van der Waals surface area contributed by atoms with Gasteiger partial charge in [-0.2, -0.15) is 0 Å². The fourth-order valence-corrected chi connectivity index (χ4v) is 4.49. The fourth-order valence-electron chi connectivity index (χ4n) is 4.49. The first-order valence-corrected chi connectivity index (χ1v) is 10.5. The van der Waals surface area contributed by atoms with E-state index in [1.807, 2.05) is 12.3 Å². The number of benzene rings is 1. The second-order valence-corrected chi connectivity index (χ2v) is 8.31. The van der Waals surface area contributed by atoms with Crippen LogP contribution in [0.4, 0.5) is 0 Å². The van der Waals surface area contributed by atoms with Gasteiger partial charge in [0.1, 0.15) is 0 Å². The number of nitrogens with zero attached hydrogens (tertiary/aromatic N) is 3. The van der Waals surface area contributed by atoms with E-state index in [-0.39, 0.29) is 0 Å². The number of likely N-dealkylation sites (tertiary alicyclic amines) is 1. The lowest BCUT2D eigenvalue weighted by Crippen LogP contribution is -2.46. The van der Waals surface area contributed by atoms with Gasteiger partial charge in [0.25, 0.3) is 0 Å². The summed E-state index contributed by atoms with van der Waals surface area (Å²) in [5.41, 5.74) is 6.60. The van der Waals surface area contributed by atoms with Crippen molar-refractivity contribution in [3.63, 3.8) is 0 Å². The number of piperidine rings is 1. The molecule has 1 fully saturated rings. The number of pyridine rings is 1. The van der Waals surface area contributed by atoms with Crippen molar-refractivity contribution < 1.29 is 0 Å². The minimum Gasteiger partial charge on any atom is -0.357 e. The number of nitrogens with one attached hydrogen (secondary N) is 1. The topological polar surface area (TPSA) is 35.2 Å². The van der Waals surface area contributed by atoms with Gasteiger partial charge in [-0.25, -0.2) is 0 Å². The third-order valence-corrected chi connectivity index (χ3v) is 6.34. The van der Waals surface area contributed by atoms with Crippen molar-refractivity contribution in [1.29, 1.82) is 0 Å². The molecule has 0 amide bonds. The van der Waals surface area contributed by atoms with Gasteiger partial charge in [-0.15, -0.1) is 0 Å². The van der Waals surface area contributed by atoms with Crippen LogP contribution in [0.5, 0.6) is 0 Å². The summed E-state index contributed by atoms with van der Waals surface area (Å²) in [7, 11) is 2.27. The molecule has 4 nitrogen and oxygen atoms in total. The van der Waals surface area contributed by atoms with Crippen molar-refractivity contribution in [2.75, 3.05) is 26.7 Å². The van der Waals surface area contributed by atoms with Crippen LogP contribution >= 0.6 is 0 Å². The van der Waals surface area contributed by atoms with Gasteiger partial charge in [0.2, 0.25) is 0 Å². The Morgan fingerprint density at radius 1 is 1.18 bits per heavy atom. The molecular weight excluding hydrogens is 344 g/mol. The van der Waals surface area contributed by atoms with E-state index in [0.717, 1.165) is 26.1 Å². The minimum absolute atomic E-state index is 0.629. The summed E-state index contributed by atoms with van der Waals surface area (Å²) >= 11 is 0. The summed E-state index contributed by atoms with van der Waals surface area (Å²) in [6, 6.07) is 13.4. The summed E-state index contributed by atoms with van der Waals surface area (Å²) in [6.07, 6.45) is 5.48. The maximum absolute atomic E-state index is 4.46. The van der Waals surface area contributed by atoms with Crippen molar-refractivity contribution in [2.24, 2.45) is 0 Å². The summed E-state index contributed by atoms with van der Waals surface area (Å²) in [4.78, 5) is 13.3. The van der Waals surface area contributed by atoms with Crippen LogP contribution in [0.25, 0.3) is 10.9 Å². The molecule has 28 heavy (non-hydrogen) atoms. The Labute approximate surface area is 168 Å². The summed E-state index contributed by atoms with van der Waals surface area (Å²) in [6.45, 7) is 8.87. The highest BCUT2D eigenvalue weighted by molar-refractivity contribution is 5.86. The fraction of sp³-hybridized carbons (Fsp3) is 0.458. The summed E-state index contributed by atoms with van der Waals surface area (Å²) < 4.78 is 0. The van der Waals surface area contributed by atoms with Crippen molar-refractivity contribution >= 4 is 10.9 Å². The third kappa shape index (κ3) is 4.13. The lowest BCUT2D eigenvalue weighted by Gasteiger charge is -2.37. The number of para-hydroxylation sites is 1. The average molecular weight is 377 g/mol. The molecule has 0 radical (unpaired) electrons. The van der Waals surface area contributed by atoms with Gasteiger partial charge in [0.05, 0.1) is 0 Å². The van der Waals surface area contributed by atoms with Gasteiger partial charge < -0.3 is 9.88 Å². The Kier molecular flexibility index (Phi) is 5.79. The molecule has 1 saturated heterocycles. The lowest BCUT2D eigenvalue weighted by molar-refractivity contribution is 0.111. The monoisotopic (exact) mass is 376 g/mol. The highest BCUT2D eigenvalue weighted by atomic mass is 15.2. The summed E-state index contributed by atoms with van der Waals surface area (Å²) in [5.74, 6) is 0. The second-order valence-electron chi connectivity index (χ2n) is 8.31. The average Bonchev–Trinajstić information content (AvgIpc) is 3.04. The van der Waals surface area contributed by atoms with E-state index in [1.165, 1.54) is 52.8 Å². The van der Waals surface area contributed by atoms with Crippen LogP contribution in [0.1, 0.15) is 35.4 Å². The Hall–Kier alpha value is -2.17. The molecule has 1 aliphatic rings. The van der Waals surface area contributed by atoms with Crippen molar-refractivity contribution in [3.8, 4) is 0 Å². The van der Waals surface area contributed by atoms with Crippen LogP contribution in [0.2, 0.25) is 0 Å². The molecule has 2 aromatic heterocycles. The van der Waals surface area contributed by atoms with Crippen LogP contribution in [0.3, 0.4) is 0 Å². The second kappa shape index (κ2) is 8.46. The highest BCUT2D eigenvalue weighted by Crippen LogP contribution is 2.26. The largest absolute Gasteiger partial charge is 0.357 e. The van der Waals surface area contributed by atoms with Gasteiger partial charge in [0, 0.05) is 60.6 Å². The summed E-state index contributed by atoms with van der Waals surface area (Å²) in [5, 5.41) is 1.37. The molecular formula is C24H32N4. The zero-order chi connectivity index (χ0) is 19.5. The normalized spacial score (nSPS) is 18.2. The number of rotatable bonds is 6. The molecule has 3 aromatic rings. The molecule has 1 N–H and O–H groups in total. The molecule has 3 heterocycles. The SMILES string of the molecule is Cc1c(CN2CCCC(N(C)CCc3ccccn3)C2)[nH]c2c(C)cccc12. The Bertz CT molecular complexity index is 915. The van der Waals surface area contributed by atoms with E-state index in [2.05, 4.69) is 71.0 Å². The maximum atomic E-state index is 4.46. The molecule has 1 unspecified atom stereocenters. The van der Waals surface area contributed by atoms with Crippen LogP contribution in [-0.4, -0.2) is 52.5 Å². The minimum atomic E-state index is 0.629. The zero-order valence-electron chi connectivity index (χ0n) is 17.4. The van der Waals surface area contributed by atoms with E-state index in [9.17, 15) is 0 Å². The number of likely N-dealkylation sites (N-methyl/N-ethyl adjacent to an activating group) is 1. The van der Waals surface area contributed by atoms with E-state index < -0.39 is 0 Å². The highest BCUT2D eigenvalue weighted by Gasteiger charge is 2.24. The number of hydrogen-bond donors (Lipinski definition) is 1. The quantitative estimate of drug-likeness (QED) is 0.696. The molecule has 0 spiro atoms. The van der Waals surface area contributed by atoms with Gasteiger partial charge in [-0.1, -0.05) is 24.3 Å². The van der Waals surface area contributed by atoms with Gasteiger partial charge in [0.15, 0.2) is 0 Å². The Morgan fingerprint density at radius 2 is 2.07 bits per heavy atom. The predicted octanol–water partition coefficient (Wildman–Crippen LogP) is 4.32. The third-order valence-electron chi connectivity index (χ3n) is 6.34.